The maximum atomic E-state index is 12.4. The summed E-state index contributed by atoms with van der Waals surface area (Å²) in [5.74, 6) is 0.195. The van der Waals surface area contributed by atoms with Gasteiger partial charge in [0.15, 0.2) is 0 Å². The molecule has 0 aromatic heterocycles. The average Bonchev–Trinajstić information content (AvgIpc) is 2.30. The van der Waals surface area contributed by atoms with Crippen molar-refractivity contribution in [1.82, 2.24) is 5.06 Å². The molecule has 1 aromatic carbocycles. The summed E-state index contributed by atoms with van der Waals surface area (Å²) in [6.45, 7) is 7.43. The van der Waals surface area contributed by atoms with Crippen molar-refractivity contribution in [3.05, 3.63) is 35.9 Å². The zero-order valence-electron chi connectivity index (χ0n) is 11.1. The molecule has 0 saturated heterocycles. The molecule has 1 radical (unpaired) electrons. The summed E-state index contributed by atoms with van der Waals surface area (Å²) in [7, 11) is 0. The lowest BCUT2D eigenvalue weighted by molar-refractivity contribution is -0.261. The minimum Gasteiger partial charge on any atom is -0.394 e. The van der Waals surface area contributed by atoms with Crippen LogP contribution in [0.5, 0.6) is 0 Å². The van der Waals surface area contributed by atoms with Crippen molar-refractivity contribution in [2.24, 2.45) is 5.92 Å². The van der Waals surface area contributed by atoms with Gasteiger partial charge in [0.25, 0.3) is 0 Å². The zero-order chi connectivity index (χ0) is 13.1. The van der Waals surface area contributed by atoms with E-state index in [-0.39, 0.29) is 18.6 Å². The van der Waals surface area contributed by atoms with Crippen LogP contribution in [-0.2, 0) is 5.21 Å². The molecule has 3 nitrogen and oxygen atoms in total. The van der Waals surface area contributed by atoms with E-state index in [0.717, 1.165) is 10.6 Å². The molecule has 0 amide bonds. The molecule has 0 saturated carbocycles. The van der Waals surface area contributed by atoms with E-state index in [4.69, 9.17) is 0 Å². The van der Waals surface area contributed by atoms with E-state index >= 15 is 0 Å². The number of rotatable bonds is 5. The van der Waals surface area contributed by atoms with Crippen molar-refractivity contribution < 1.29 is 10.3 Å². The van der Waals surface area contributed by atoms with Gasteiger partial charge in [0.05, 0.1) is 18.2 Å². The van der Waals surface area contributed by atoms with Crippen LogP contribution >= 0.6 is 0 Å². The molecule has 0 fully saturated rings. The summed E-state index contributed by atoms with van der Waals surface area (Å²) in [5, 5.41) is 22.7. The third kappa shape index (κ3) is 3.28. The van der Waals surface area contributed by atoms with Gasteiger partial charge in [0.2, 0.25) is 0 Å². The Morgan fingerprint density at radius 1 is 1.24 bits per heavy atom. The van der Waals surface area contributed by atoms with Crippen molar-refractivity contribution in [1.29, 1.82) is 0 Å². The Hall–Kier alpha value is -0.900. The molecule has 0 bridgehead atoms. The van der Waals surface area contributed by atoms with Crippen LogP contribution in [0, 0.1) is 5.92 Å². The van der Waals surface area contributed by atoms with Crippen molar-refractivity contribution in [3.8, 4) is 0 Å². The first kappa shape index (κ1) is 14.2. The highest BCUT2D eigenvalue weighted by Crippen LogP contribution is 2.32. The highest BCUT2D eigenvalue weighted by atomic mass is 16.5. The largest absolute Gasteiger partial charge is 0.394 e. The summed E-state index contributed by atoms with van der Waals surface area (Å²) in [5.41, 5.74) is 0.240. The molecule has 1 unspecified atom stereocenters. The summed E-state index contributed by atoms with van der Waals surface area (Å²) < 4.78 is 0. The number of benzene rings is 1. The van der Waals surface area contributed by atoms with Crippen LogP contribution < -0.4 is 0 Å². The second-order valence-corrected chi connectivity index (χ2v) is 5.40. The lowest BCUT2D eigenvalue weighted by Gasteiger charge is -2.37. The fourth-order valence-corrected chi connectivity index (χ4v) is 1.89. The zero-order valence-corrected chi connectivity index (χ0v) is 11.1. The summed E-state index contributed by atoms with van der Waals surface area (Å²) in [6, 6.07) is 9.51. The molecule has 1 atom stereocenters. The second-order valence-electron chi connectivity index (χ2n) is 5.40. The van der Waals surface area contributed by atoms with E-state index in [1.165, 1.54) is 0 Å². The van der Waals surface area contributed by atoms with Gasteiger partial charge in [-0.3, -0.25) is 0 Å². The second kappa shape index (κ2) is 5.63. The Balaban J connectivity index is 3.03. The molecule has 0 heterocycles. The quantitative estimate of drug-likeness (QED) is 0.799. The van der Waals surface area contributed by atoms with E-state index in [2.05, 4.69) is 0 Å². The highest BCUT2D eigenvalue weighted by molar-refractivity contribution is 5.19. The van der Waals surface area contributed by atoms with Gasteiger partial charge in [-0.05, 0) is 25.3 Å². The molecular formula is C14H22NO2. The molecule has 0 aliphatic heterocycles. The Kier molecular flexibility index (Phi) is 4.69. The van der Waals surface area contributed by atoms with Crippen LogP contribution in [0.2, 0.25) is 0 Å². The Labute approximate surface area is 104 Å². The van der Waals surface area contributed by atoms with Crippen LogP contribution in [0.15, 0.2) is 30.3 Å². The molecule has 3 heteroatoms. The van der Waals surface area contributed by atoms with Crippen LogP contribution in [0.1, 0.15) is 39.3 Å². The fourth-order valence-electron chi connectivity index (χ4n) is 1.89. The topological polar surface area (TPSA) is 43.4 Å². The fraction of sp³-hybridized carbons (Fsp3) is 0.571. The Morgan fingerprint density at radius 3 is 2.18 bits per heavy atom. The maximum Gasteiger partial charge on any atom is 0.0674 e. The molecule has 1 N–H and O–H groups in total. The van der Waals surface area contributed by atoms with Crippen molar-refractivity contribution in [3.63, 3.8) is 0 Å². The number of nitrogens with zero attached hydrogens (tertiary/aromatic N) is 1. The maximum absolute atomic E-state index is 12.4. The number of aliphatic hydroxyl groups is 1. The Bertz CT molecular complexity index is 335. The molecule has 17 heavy (non-hydrogen) atoms. The van der Waals surface area contributed by atoms with Gasteiger partial charge >= 0.3 is 0 Å². The molecule has 95 valence electrons. The van der Waals surface area contributed by atoms with Gasteiger partial charge in [-0.25, -0.2) is 0 Å². The number of hydroxylamine groups is 2. The first-order valence-electron chi connectivity index (χ1n) is 6.02. The normalized spacial score (nSPS) is 14.4. The van der Waals surface area contributed by atoms with E-state index < -0.39 is 5.54 Å². The minimum absolute atomic E-state index is 0.146. The number of hydrogen-bond acceptors (Lipinski definition) is 2. The van der Waals surface area contributed by atoms with Gasteiger partial charge in [0.1, 0.15) is 0 Å². The van der Waals surface area contributed by atoms with E-state index in [0.29, 0.717) is 0 Å². The highest BCUT2D eigenvalue weighted by Gasteiger charge is 2.35. The lowest BCUT2D eigenvalue weighted by atomic mass is 9.92. The third-order valence-corrected chi connectivity index (χ3v) is 3.01. The van der Waals surface area contributed by atoms with Crippen LogP contribution in [0.25, 0.3) is 0 Å². The lowest BCUT2D eigenvalue weighted by Crippen LogP contribution is -2.47. The van der Waals surface area contributed by atoms with Gasteiger partial charge in [-0.2, -0.15) is 0 Å². The Morgan fingerprint density at radius 2 is 1.76 bits per heavy atom. The molecular weight excluding hydrogens is 214 g/mol. The first-order valence-corrected chi connectivity index (χ1v) is 6.02. The van der Waals surface area contributed by atoms with Gasteiger partial charge in [-0.1, -0.05) is 44.2 Å². The predicted molar refractivity (Wildman–Crippen MR) is 67.7 cm³/mol. The predicted octanol–water partition coefficient (Wildman–Crippen LogP) is 2.80. The van der Waals surface area contributed by atoms with Crippen molar-refractivity contribution in [2.75, 3.05) is 6.61 Å². The minimum atomic E-state index is -0.759. The number of aliphatic hydroxyl groups excluding tert-OH is 1. The molecule has 0 spiro atoms. The van der Waals surface area contributed by atoms with Gasteiger partial charge in [0, 0.05) is 0 Å². The molecule has 1 rings (SSSR count). The van der Waals surface area contributed by atoms with E-state index in [9.17, 15) is 10.3 Å². The van der Waals surface area contributed by atoms with Crippen LogP contribution in [0.4, 0.5) is 0 Å². The summed E-state index contributed by atoms with van der Waals surface area (Å²) >= 11 is 0. The van der Waals surface area contributed by atoms with Crippen molar-refractivity contribution >= 4 is 0 Å². The molecule has 1 aromatic rings. The van der Waals surface area contributed by atoms with E-state index in [1.54, 1.807) is 13.8 Å². The third-order valence-electron chi connectivity index (χ3n) is 3.01. The average molecular weight is 236 g/mol. The van der Waals surface area contributed by atoms with Crippen LogP contribution in [-0.4, -0.2) is 22.3 Å². The number of hydrogen-bond donors (Lipinski definition) is 1. The standard InChI is InChI=1S/C14H22NO2/c1-11(2)13(12-8-6-5-7-9-12)15(17)14(3,4)10-16/h5-9,11,13,16H,10H2,1-4H3. The van der Waals surface area contributed by atoms with Crippen molar-refractivity contribution in [2.45, 2.75) is 39.3 Å². The van der Waals surface area contributed by atoms with Gasteiger partial charge in [-0.15, -0.1) is 10.3 Å². The van der Waals surface area contributed by atoms with E-state index in [1.807, 2.05) is 44.2 Å². The molecule has 0 aliphatic rings. The SMILES string of the molecule is CC(C)C(c1ccccc1)N([O])C(C)(C)CO. The smallest absolute Gasteiger partial charge is 0.0674 e. The monoisotopic (exact) mass is 236 g/mol. The van der Waals surface area contributed by atoms with Crippen LogP contribution in [0.3, 0.4) is 0 Å². The summed E-state index contributed by atoms with van der Waals surface area (Å²) in [4.78, 5) is 0. The summed E-state index contributed by atoms with van der Waals surface area (Å²) in [6.07, 6.45) is 0. The molecule has 0 aliphatic carbocycles. The van der Waals surface area contributed by atoms with Gasteiger partial charge < -0.3 is 5.11 Å². The first-order chi connectivity index (χ1) is 7.90.